The fourth-order valence-electron chi connectivity index (χ4n) is 2.11. The third kappa shape index (κ3) is 1.77. The normalized spacial score (nSPS) is 11.1. The quantitative estimate of drug-likeness (QED) is 0.761. The molecule has 2 aromatic heterocycles. The van der Waals surface area contributed by atoms with E-state index in [2.05, 4.69) is 10.3 Å². The minimum Gasteiger partial charge on any atom is -0.475 e. The average molecular weight is 257 g/mol. The van der Waals surface area contributed by atoms with Crippen LogP contribution in [0.4, 0.5) is 0 Å². The number of aromatic carboxylic acids is 1. The van der Waals surface area contributed by atoms with Crippen molar-refractivity contribution in [3.05, 3.63) is 35.7 Å². The summed E-state index contributed by atoms with van der Waals surface area (Å²) in [5, 5.41) is 18.0. The summed E-state index contributed by atoms with van der Waals surface area (Å²) in [7, 11) is 1.87. The third-order valence-electron chi connectivity index (χ3n) is 3.05. The summed E-state index contributed by atoms with van der Waals surface area (Å²) in [5.74, 6) is -1.30. The molecule has 0 aliphatic heterocycles. The van der Waals surface area contributed by atoms with E-state index in [1.807, 2.05) is 32.2 Å². The summed E-state index contributed by atoms with van der Waals surface area (Å²) < 4.78 is 6.54. The molecule has 3 rings (SSSR count). The number of aryl methyl sites for hydroxylation is 2. The number of rotatable bonds is 2. The highest BCUT2D eigenvalue weighted by Crippen LogP contribution is 2.25. The molecule has 0 saturated heterocycles. The predicted molar refractivity (Wildman–Crippen MR) is 67.9 cm³/mol. The molecule has 0 radical (unpaired) electrons. The fraction of sp³-hybridized carbons (Fsp3) is 0.154. The zero-order chi connectivity index (χ0) is 13.6. The van der Waals surface area contributed by atoms with Crippen LogP contribution in [-0.2, 0) is 7.05 Å². The Morgan fingerprint density at radius 1 is 1.37 bits per heavy atom. The molecule has 0 fully saturated rings. The van der Waals surface area contributed by atoms with E-state index in [4.69, 9.17) is 9.63 Å². The maximum atomic E-state index is 10.8. The molecule has 2 heterocycles. The number of fused-ring (bicyclic) bond motifs is 1. The van der Waals surface area contributed by atoms with Gasteiger partial charge in [0.2, 0.25) is 5.76 Å². The lowest BCUT2D eigenvalue weighted by molar-refractivity contribution is 0.0652. The summed E-state index contributed by atoms with van der Waals surface area (Å²) in [4.78, 5) is 10.8. The van der Waals surface area contributed by atoms with Crippen LogP contribution in [0.2, 0.25) is 0 Å². The van der Waals surface area contributed by atoms with Gasteiger partial charge in [0.15, 0.2) is 0 Å². The van der Waals surface area contributed by atoms with Gasteiger partial charge in [-0.2, -0.15) is 5.10 Å². The summed E-state index contributed by atoms with van der Waals surface area (Å²) in [6.07, 6.45) is 0. The first-order valence-electron chi connectivity index (χ1n) is 5.70. The molecule has 0 amide bonds. The highest BCUT2D eigenvalue weighted by atomic mass is 16.5. The van der Waals surface area contributed by atoms with Crippen molar-refractivity contribution in [3.8, 4) is 11.3 Å². The van der Waals surface area contributed by atoms with Crippen molar-refractivity contribution in [3.63, 3.8) is 0 Å². The second kappa shape index (κ2) is 3.94. The highest BCUT2D eigenvalue weighted by molar-refractivity contribution is 5.88. The van der Waals surface area contributed by atoms with Gasteiger partial charge in [0.1, 0.15) is 5.69 Å². The van der Waals surface area contributed by atoms with Crippen molar-refractivity contribution >= 4 is 16.9 Å². The third-order valence-corrected chi connectivity index (χ3v) is 3.05. The van der Waals surface area contributed by atoms with Crippen molar-refractivity contribution < 1.29 is 14.4 Å². The second-order valence-corrected chi connectivity index (χ2v) is 4.32. The molecule has 96 valence electrons. The van der Waals surface area contributed by atoms with Gasteiger partial charge in [0.25, 0.3) is 0 Å². The van der Waals surface area contributed by atoms with Gasteiger partial charge in [-0.1, -0.05) is 17.3 Å². The Morgan fingerprint density at radius 2 is 2.16 bits per heavy atom. The zero-order valence-electron chi connectivity index (χ0n) is 10.4. The van der Waals surface area contributed by atoms with Crippen molar-refractivity contribution in [2.75, 3.05) is 0 Å². The number of carboxylic acid groups (broad SMARTS) is 1. The lowest BCUT2D eigenvalue weighted by Gasteiger charge is -1.98. The van der Waals surface area contributed by atoms with Crippen LogP contribution in [0.1, 0.15) is 16.2 Å². The largest absolute Gasteiger partial charge is 0.475 e. The maximum absolute atomic E-state index is 10.8. The van der Waals surface area contributed by atoms with Crippen molar-refractivity contribution in [2.45, 2.75) is 6.92 Å². The lowest BCUT2D eigenvalue weighted by Crippen LogP contribution is -1.91. The SMILES string of the molecule is Cc1nn(C)c2cc(-c3cc(C(=O)O)on3)ccc12. The Balaban J connectivity index is 2.14. The van der Waals surface area contributed by atoms with E-state index in [0.717, 1.165) is 22.2 Å². The molecule has 3 aromatic rings. The molecule has 0 bridgehead atoms. The van der Waals surface area contributed by atoms with E-state index in [0.29, 0.717) is 5.69 Å². The predicted octanol–water partition coefficient (Wildman–Crippen LogP) is 2.23. The topological polar surface area (TPSA) is 81.2 Å². The van der Waals surface area contributed by atoms with Crippen LogP contribution in [0.5, 0.6) is 0 Å². The number of aromatic nitrogens is 3. The van der Waals surface area contributed by atoms with E-state index >= 15 is 0 Å². The molecule has 1 N–H and O–H groups in total. The first-order valence-corrected chi connectivity index (χ1v) is 5.70. The van der Waals surface area contributed by atoms with Gasteiger partial charge >= 0.3 is 5.97 Å². The number of hydrogen-bond acceptors (Lipinski definition) is 4. The molecule has 6 heteroatoms. The number of nitrogens with zero attached hydrogens (tertiary/aromatic N) is 3. The molecule has 0 atom stereocenters. The first kappa shape index (κ1) is 11.5. The van der Waals surface area contributed by atoms with E-state index in [1.165, 1.54) is 6.07 Å². The van der Waals surface area contributed by atoms with E-state index in [-0.39, 0.29) is 5.76 Å². The lowest BCUT2D eigenvalue weighted by atomic mass is 10.1. The molecule has 0 aliphatic rings. The Morgan fingerprint density at radius 3 is 2.84 bits per heavy atom. The monoisotopic (exact) mass is 257 g/mol. The minimum absolute atomic E-state index is 0.170. The van der Waals surface area contributed by atoms with Crippen molar-refractivity contribution in [1.29, 1.82) is 0 Å². The van der Waals surface area contributed by atoms with Gasteiger partial charge in [-0.05, 0) is 13.0 Å². The molecule has 6 nitrogen and oxygen atoms in total. The minimum atomic E-state index is -1.13. The highest BCUT2D eigenvalue weighted by Gasteiger charge is 2.13. The average Bonchev–Trinajstić information content (AvgIpc) is 2.96. The summed E-state index contributed by atoms with van der Waals surface area (Å²) in [6.45, 7) is 1.95. The standard InChI is InChI=1S/C13H11N3O3/c1-7-9-4-3-8(5-11(9)16(2)14-7)10-6-12(13(17)18)19-15-10/h3-6H,1-2H3,(H,17,18). The Labute approximate surface area is 108 Å². The van der Waals surface area contributed by atoms with Gasteiger partial charge in [-0.25, -0.2) is 4.79 Å². The van der Waals surface area contributed by atoms with Gasteiger partial charge in [0, 0.05) is 24.1 Å². The fourth-order valence-corrected chi connectivity index (χ4v) is 2.11. The second-order valence-electron chi connectivity index (χ2n) is 4.32. The number of benzene rings is 1. The van der Waals surface area contributed by atoms with Gasteiger partial charge in [0.05, 0.1) is 11.2 Å². The van der Waals surface area contributed by atoms with Crippen LogP contribution in [0, 0.1) is 6.92 Å². The van der Waals surface area contributed by atoms with Crippen molar-refractivity contribution in [2.24, 2.45) is 7.05 Å². The van der Waals surface area contributed by atoms with Gasteiger partial charge in [-0.3, -0.25) is 4.68 Å². The Hall–Kier alpha value is -2.63. The smallest absolute Gasteiger partial charge is 0.374 e. The van der Waals surface area contributed by atoms with Gasteiger partial charge < -0.3 is 9.63 Å². The number of carbonyl (C=O) groups is 1. The molecular formula is C13H11N3O3. The Bertz CT molecular complexity index is 786. The molecule has 19 heavy (non-hydrogen) atoms. The van der Waals surface area contributed by atoms with Crippen LogP contribution in [-0.4, -0.2) is 26.0 Å². The summed E-state index contributed by atoms with van der Waals surface area (Å²) in [5.41, 5.74) is 3.22. The number of hydrogen-bond donors (Lipinski definition) is 1. The van der Waals surface area contributed by atoms with E-state index < -0.39 is 5.97 Å². The van der Waals surface area contributed by atoms with Crippen LogP contribution in [0.3, 0.4) is 0 Å². The summed E-state index contributed by atoms with van der Waals surface area (Å²) in [6, 6.07) is 7.15. The van der Waals surface area contributed by atoms with Crippen molar-refractivity contribution in [1.82, 2.24) is 14.9 Å². The van der Waals surface area contributed by atoms with E-state index in [1.54, 1.807) is 4.68 Å². The van der Waals surface area contributed by atoms with Crippen LogP contribution in [0.15, 0.2) is 28.8 Å². The van der Waals surface area contributed by atoms with Crippen LogP contribution < -0.4 is 0 Å². The summed E-state index contributed by atoms with van der Waals surface area (Å²) >= 11 is 0. The van der Waals surface area contributed by atoms with Crippen LogP contribution >= 0.6 is 0 Å². The maximum Gasteiger partial charge on any atom is 0.374 e. The number of carboxylic acids is 1. The van der Waals surface area contributed by atoms with Gasteiger partial charge in [-0.15, -0.1) is 0 Å². The molecular weight excluding hydrogens is 246 g/mol. The molecule has 0 aliphatic carbocycles. The molecule has 0 unspecified atom stereocenters. The Kier molecular flexibility index (Phi) is 2.38. The zero-order valence-corrected chi connectivity index (χ0v) is 10.4. The molecule has 0 spiro atoms. The molecule has 0 saturated carbocycles. The van der Waals surface area contributed by atoms with E-state index in [9.17, 15) is 4.79 Å². The molecule has 1 aromatic carbocycles. The van der Waals surface area contributed by atoms with Crippen LogP contribution in [0.25, 0.3) is 22.2 Å². The first-order chi connectivity index (χ1) is 9.06.